The van der Waals surface area contributed by atoms with Crippen molar-refractivity contribution in [1.29, 1.82) is 0 Å². The van der Waals surface area contributed by atoms with Crippen LogP contribution >= 0.6 is 0 Å². The fourth-order valence-corrected chi connectivity index (χ4v) is 3.02. The molecular formula is C17H20N4O4. The first kappa shape index (κ1) is 16.9. The van der Waals surface area contributed by atoms with Crippen LogP contribution in [0.2, 0.25) is 0 Å². The van der Waals surface area contributed by atoms with Gasteiger partial charge in [-0.3, -0.25) is 4.79 Å². The standard InChI is InChI=1S/C17H20N4O4/c1-25-12-4-2-11(3-5-12)17(8-9-17)14-10-21(20-19-14)13(16(23)24)6-7-15(18)22/h2-5,10,13H,6-9H2,1H3,(H2,18,22)(H,23,24)/t13-/m0/s1. The Morgan fingerprint density at radius 2 is 2.04 bits per heavy atom. The highest BCUT2D eigenvalue weighted by Gasteiger charge is 2.48. The van der Waals surface area contributed by atoms with Crippen LogP contribution in [0.3, 0.4) is 0 Å². The van der Waals surface area contributed by atoms with Crippen LogP contribution < -0.4 is 10.5 Å². The largest absolute Gasteiger partial charge is 0.497 e. The Bertz CT molecular complexity index is 780. The molecular weight excluding hydrogens is 324 g/mol. The van der Waals surface area contributed by atoms with E-state index in [0.29, 0.717) is 0 Å². The van der Waals surface area contributed by atoms with Gasteiger partial charge in [0.25, 0.3) is 0 Å². The van der Waals surface area contributed by atoms with Crippen LogP contribution in [0.4, 0.5) is 0 Å². The lowest BCUT2D eigenvalue weighted by molar-refractivity contribution is -0.141. The second-order valence-corrected chi connectivity index (χ2v) is 6.25. The van der Waals surface area contributed by atoms with Crippen molar-refractivity contribution in [3.05, 3.63) is 41.7 Å². The maximum absolute atomic E-state index is 11.5. The number of rotatable bonds is 8. The summed E-state index contributed by atoms with van der Waals surface area (Å²) in [6, 6.07) is 6.82. The highest BCUT2D eigenvalue weighted by molar-refractivity contribution is 5.76. The average molecular weight is 344 g/mol. The van der Waals surface area contributed by atoms with Gasteiger partial charge in [-0.15, -0.1) is 5.10 Å². The molecule has 8 heteroatoms. The number of hydrogen-bond acceptors (Lipinski definition) is 5. The van der Waals surface area contributed by atoms with Gasteiger partial charge < -0.3 is 15.6 Å². The third-order valence-electron chi connectivity index (χ3n) is 4.66. The number of nitrogens with two attached hydrogens (primary N) is 1. The van der Waals surface area contributed by atoms with E-state index >= 15 is 0 Å². The molecule has 1 aromatic carbocycles. The molecule has 0 unspecified atom stereocenters. The molecule has 1 aliphatic rings. The second kappa shape index (κ2) is 6.54. The highest BCUT2D eigenvalue weighted by atomic mass is 16.5. The maximum Gasteiger partial charge on any atom is 0.328 e. The Labute approximate surface area is 144 Å². The van der Waals surface area contributed by atoms with Crippen molar-refractivity contribution in [2.45, 2.75) is 37.1 Å². The van der Waals surface area contributed by atoms with E-state index in [1.165, 1.54) is 4.68 Å². The predicted octanol–water partition coefficient (Wildman–Crippen LogP) is 1.26. The molecule has 1 heterocycles. The first-order chi connectivity index (χ1) is 12.0. The third kappa shape index (κ3) is 3.33. The van der Waals surface area contributed by atoms with Crippen molar-refractivity contribution in [2.24, 2.45) is 5.73 Å². The molecule has 0 radical (unpaired) electrons. The quantitative estimate of drug-likeness (QED) is 0.744. The second-order valence-electron chi connectivity index (χ2n) is 6.25. The number of amides is 1. The van der Waals surface area contributed by atoms with Crippen molar-refractivity contribution < 1.29 is 19.4 Å². The first-order valence-corrected chi connectivity index (χ1v) is 8.04. The number of primary amides is 1. The van der Waals surface area contributed by atoms with Crippen LogP contribution in [0.25, 0.3) is 0 Å². The molecule has 25 heavy (non-hydrogen) atoms. The lowest BCUT2D eigenvalue weighted by Crippen LogP contribution is -2.22. The highest BCUT2D eigenvalue weighted by Crippen LogP contribution is 2.52. The van der Waals surface area contributed by atoms with Gasteiger partial charge in [0, 0.05) is 11.8 Å². The topological polar surface area (TPSA) is 120 Å². The van der Waals surface area contributed by atoms with Gasteiger partial charge in [0.15, 0.2) is 6.04 Å². The smallest absolute Gasteiger partial charge is 0.328 e. The Balaban J connectivity index is 1.84. The number of carbonyl (C=O) groups excluding carboxylic acids is 1. The van der Waals surface area contributed by atoms with Crippen LogP contribution in [-0.2, 0) is 15.0 Å². The molecule has 0 spiro atoms. The first-order valence-electron chi connectivity index (χ1n) is 8.04. The van der Waals surface area contributed by atoms with E-state index in [2.05, 4.69) is 10.3 Å². The molecule has 1 aliphatic carbocycles. The predicted molar refractivity (Wildman–Crippen MR) is 88.1 cm³/mol. The van der Waals surface area contributed by atoms with E-state index in [9.17, 15) is 14.7 Å². The number of carboxylic acids is 1. The van der Waals surface area contributed by atoms with Gasteiger partial charge in [-0.25, -0.2) is 9.48 Å². The normalized spacial score (nSPS) is 16.2. The lowest BCUT2D eigenvalue weighted by atomic mass is 9.93. The summed E-state index contributed by atoms with van der Waals surface area (Å²) in [4.78, 5) is 22.4. The number of carbonyl (C=O) groups is 2. The summed E-state index contributed by atoms with van der Waals surface area (Å²) < 4.78 is 6.49. The molecule has 1 amide bonds. The number of hydrogen-bond donors (Lipinski definition) is 2. The molecule has 1 saturated carbocycles. The Morgan fingerprint density at radius 1 is 1.36 bits per heavy atom. The lowest BCUT2D eigenvalue weighted by Gasteiger charge is -2.13. The number of carboxylic acid groups (broad SMARTS) is 1. The van der Waals surface area contributed by atoms with E-state index in [0.717, 1.165) is 29.8 Å². The van der Waals surface area contributed by atoms with Crippen molar-refractivity contribution in [2.75, 3.05) is 7.11 Å². The maximum atomic E-state index is 11.5. The summed E-state index contributed by atoms with van der Waals surface area (Å²) in [5, 5.41) is 17.6. The number of aromatic nitrogens is 3. The summed E-state index contributed by atoms with van der Waals surface area (Å²) in [6.07, 6.45) is 3.59. The minimum Gasteiger partial charge on any atom is -0.497 e. The van der Waals surface area contributed by atoms with Crippen molar-refractivity contribution in [3.8, 4) is 5.75 Å². The van der Waals surface area contributed by atoms with Gasteiger partial charge in [0.05, 0.1) is 19.0 Å². The van der Waals surface area contributed by atoms with Gasteiger partial charge in [-0.2, -0.15) is 0 Å². The molecule has 3 rings (SSSR count). The van der Waals surface area contributed by atoms with Crippen LogP contribution in [0.5, 0.6) is 5.75 Å². The van der Waals surface area contributed by atoms with Crippen molar-refractivity contribution in [1.82, 2.24) is 15.0 Å². The number of methoxy groups -OCH3 is 1. The summed E-state index contributed by atoms with van der Waals surface area (Å²) in [6.45, 7) is 0. The zero-order valence-electron chi connectivity index (χ0n) is 13.9. The molecule has 1 aromatic heterocycles. The van der Waals surface area contributed by atoms with Gasteiger partial charge in [-0.1, -0.05) is 17.3 Å². The molecule has 2 aromatic rings. The van der Waals surface area contributed by atoms with Crippen LogP contribution in [0.15, 0.2) is 30.5 Å². The van der Waals surface area contributed by atoms with Crippen molar-refractivity contribution in [3.63, 3.8) is 0 Å². The van der Waals surface area contributed by atoms with E-state index in [4.69, 9.17) is 10.5 Å². The molecule has 0 aliphatic heterocycles. The number of aliphatic carboxylic acids is 1. The van der Waals surface area contributed by atoms with Crippen LogP contribution in [0.1, 0.15) is 43.0 Å². The molecule has 1 fully saturated rings. The molecule has 0 saturated heterocycles. The molecule has 132 valence electrons. The van der Waals surface area contributed by atoms with E-state index in [1.54, 1.807) is 13.3 Å². The fourth-order valence-electron chi connectivity index (χ4n) is 3.02. The molecule has 3 N–H and O–H groups in total. The number of nitrogens with zero attached hydrogens (tertiary/aromatic N) is 3. The minimum atomic E-state index is -1.06. The van der Waals surface area contributed by atoms with E-state index in [1.807, 2.05) is 24.3 Å². The molecule has 0 bridgehead atoms. The van der Waals surface area contributed by atoms with Gasteiger partial charge >= 0.3 is 5.97 Å². The summed E-state index contributed by atoms with van der Waals surface area (Å²) >= 11 is 0. The number of ether oxygens (including phenoxy) is 1. The SMILES string of the molecule is COc1ccc(C2(c3cn([C@@H](CCC(N)=O)C(=O)O)nn3)CC2)cc1. The van der Waals surface area contributed by atoms with Gasteiger partial charge in [0.1, 0.15) is 5.75 Å². The van der Waals surface area contributed by atoms with Crippen molar-refractivity contribution >= 4 is 11.9 Å². The van der Waals surface area contributed by atoms with Gasteiger partial charge in [0.2, 0.25) is 5.91 Å². The monoisotopic (exact) mass is 344 g/mol. The van der Waals surface area contributed by atoms with Gasteiger partial charge in [-0.05, 0) is 37.0 Å². The molecule has 1 atom stereocenters. The zero-order chi connectivity index (χ0) is 18.0. The fraction of sp³-hybridized carbons (Fsp3) is 0.412. The zero-order valence-corrected chi connectivity index (χ0v) is 13.9. The summed E-state index contributed by atoms with van der Waals surface area (Å²) in [5.74, 6) is -0.823. The Hall–Kier alpha value is -2.90. The number of benzene rings is 1. The Morgan fingerprint density at radius 3 is 2.56 bits per heavy atom. The Kier molecular flexibility index (Phi) is 4.43. The van der Waals surface area contributed by atoms with E-state index < -0.39 is 17.9 Å². The van der Waals surface area contributed by atoms with Crippen LogP contribution in [-0.4, -0.2) is 39.1 Å². The third-order valence-corrected chi connectivity index (χ3v) is 4.66. The summed E-state index contributed by atoms with van der Waals surface area (Å²) in [7, 11) is 1.62. The average Bonchev–Trinajstić information content (AvgIpc) is 3.26. The van der Waals surface area contributed by atoms with E-state index in [-0.39, 0.29) is 18.3 Å². The summed E-state index contributed by atoms with van der Waals surface area (Å²) in [5.41, 5.74) is 6.73. The van der Waals surface area contributed by atoms with Crippen LogP contribution in [0, 0.1) is 0 Å². The minimum absolute atomic E-state index is 0.0181. The molecule has 8 nitrogen and oxygen atoms in total.